The summed E-state index contributed by atoms with van der Waals surface area (Å²) < 4.78 is 16.1. The Morgan fingerprint density at radius 2 is 1.59 bits per heavy atom. The van der Waals surface area contributed by atoms with E-state index >= 15 is 0 Å². The Morgan fingerprint density at radius 3 is 2.16 bits per heavy atom. The van der Waals surface area contributed by atoms with Gasteiger partial charge < -0.3 is 9.88 Å². The van der Waals surface area contributed by atoms with Crippen LogP contribution in [0.2, 0.25) is 0 Å². The molecule has 2 heterocycles. The lowest BCUT2D eigenvalue weighted by atomic mass is 9.33. The maximum absolute atomic E-state index is 13.6. The quantitative estimate of drug-likeness (QED) is 0.225. The molecular formula is C37H54N4O2S. The SMILES string of the molecule is CC.CC.CCC.Cc1cc(CNc2ccccc2S(C)=O)c2cc(C34CC(c5cnn(C(C)C)c5)(C3)C4)n(C)c(=O)c2c1. The normalized spacial score (nSPS) is 20.1. The lowest BCUT2D eigenvalue weighted by Crippen LogP contribution is -2.68. The van der Waals surface area contributed by atoms with Crippen LogP contribution in [0.15, 0.2) is 64.5 Å². The van der Waals surface area contributed by atoms with Gasteiger partial charge in [0.15, 0.2) is 0 Å². The molecule has 1 atom stereocenters. The summed E-state index contributed by atoms with van der Waals surface area (Å²) in [5.74, 6) is 0. The van der Waals surface area contributed by atoms with Gasteiger partial charge in [0.1, 0.15) is 0 Å². The van der Waals surface area contributed by atoms with E-state index in [2.05, 4.69) is 56.4 Å². The number of hydrogen-bond donors (Lipinski definition) is 1. The van der Waals surface area contributed by atoms with Crippen LogP contribution in [0.25, 0.3) is 10.8 Å². The van der Waals surface area contributed by atoms with Gasteiger partial charge in [-0.2, -0.15) is 5.10 Å². The summed E-state index contributed by atoms with van der Waals surface area (Å²) in [7, 11) is 0.841. The molecule has 2 aromatic carbocycles. The fourth-order valence-corrected chi connectivity index (χ4v) is 7.43. The Morgan fingerprint density at radius 1 is 0.977 bits per heavy atom. The first-order valence-corrected chi connectivity index (χ1v) is 17.9. The van der Waals surface area contributed by atoms with Crippen molar-refractivity contribution in [1.82, 2.24) is 14.3 Å². The van der Waals surface area contributed by atoms with Gasteiger partial charge in [-0.25, -0.2) is 0 Å². The lowest BCUT2D eigenvalue weighted by Gasteiger charge is -2.71. The van der Waals surface area contributed by atoms with Crippen molar-refractivity contribution in [3.63, 3.8) is 0 Å². The summed E-state index contributed by atoms with van der Waals surface area (Å²) >= 11 is 0. The van der Waals surface area contributed by atoms with E-state index in [1.54, 1.807) is 6.26 Å². The third kappa shape index (κ3) is 6.58. The van der Waals surface area contributed by atoms with E-state index < -0.39 is 10.8 Å². The highest BCUT2D eigenvalue weighted by Gasteiger charge is 2.70. The predicted octanol–water partition coefficient (Wildman–Crippen LogP) is 8.82. The molecular weight excluding hydrogens is 565 g/mol. The molecule has 1 unspecified atom stereocenters. The van der Waals surface area contributed by atoms with Gasteiger partial charge >= 0.3 is 0 Å². The number of nitrogens with zero attached hydrogens (tertiary/aromatic N) is 3. The van der Waals surface area contributed by atoms with Crippen LogP contribution in [0.4, 0.5) is 5.69 Å². The number of aromatic nitrogens is 3. The van der Waals surface area contributed by atoms with Crippen LogP contribution in [-0.4, -0.2) is 24.8 Å². The average Bonchev–Trinajstić information content (AvgIpc) is 3.46. The molecule has 240 valence electrons. The van der Waals surface area contributed by atoms with Gasteiger partial charge in [0.25, 0.3) is 5.56 Å². The first-order chi connectivity index (χ1) is 21.0. The summed E-state index contributed by atoms with van der Waals surface area (Å²) in [4.78, 5) is 14.4. The predicted molar refractivity (Wildman–Crippen MR) is 189 cm³/mol. The van der Waals surface area contributed by atoms with E-state index in [4.69, 9.17) is 0 Å². The number of fused-ring (bicyclic) bond motifs is 1. The zero-order valence-electron chi connectivity index (χ0n) is 28.9. The summed E-state index contributed by atoms with van der Waals surface area (Å²) in [5, 5.41) is 9.83. The van der Waals surface area contributed by atoms with E-state index in [9.17, 15) is 9.00 Å². The second-order valence-corrected chi connectivity index (χ2v) is 13.5. The highest BCUT2D eigenvalue weighted by atomic mass is 32.2. The molecule has 6 nitrogen and oxygen atoms in total. The van der Waals surface area contributed by atoms with E-state index in [-0.39, 0.29) is 16.4 Å². The molecule has 44 heavy (non-hydrogen) atoms. The Kier molecular flexibility index (Phi) is 11.8. The van der Waals surface area contributed by atoms with E-state index in [1.165, 1.54) is 12.0 Å². The molecule has 0 saturated heterocycles. The third-order valence-electron chi connectivity index (χ3n) is 8.57. The van der Waals surface area contributed by atoms with Crippen LogP contribution >= 0.6 is 0 Å². The van der Waals surface area contributed by atoms with Crippen molar-refractivity contribution in [3.8, 4) is 0 Å². The van der Waals surface area contributed by atoms with Crippen LogP contribution in [0.1, 0.15) is 109 Å². The van der Waals surface area contributed by atoms with Crippen molar-refractivity contribution >= 4 is 27.3 Å². The van der Waals surface area contributed by atoms with Crippen molar-refractivity contribution in [2.24, 2.45) is 7.05 Å². The van der Waals surface area contributed by atoms with Gasteiger partial charge in [0.05, 0.1) is 27.6 Å². The molecule has 3 fully saturated rings. The van der Waals surface area contributed by atoms with Crippen LogP contribution < -0.4 is 10.9 Å². The molecule has 0 spiro atoms. The fourth-order valence-electron chi connectivity index (χ4n) is 6.71. The van der Waals surface area contributed by atoms with E-state index in [0.717, 1.165) is 57.4 Å². The molecule has 4 aromatic rings. The van der Waals surface area contributed by atoms with Gasteiger partial charge in [-0.3, -0.25) is 13.7 Å². The molecule has 0 radical (unpaired) electrons. The van der Waals surface area contributed by atoms with Crippen molar-refractivity contribution in [2.45, 2.75) is 116 Å². The number of rotatable bonds is 7. The molecule has 3 aliphatic rings. The minimum atomic E-state index is -1.08. The van der Waals surface area contributed by atoms with Gasteiger partial charge in [-0.1, -0.05) is 66.2 Å². The topological polar surface area (TPSA) is 68.9 Å². The number of hydrogen-bond acceptors (Lipinski definition) is 4. The lowest BCUT2D eigenvalue weighted by molar-refractivity contribution is -0.0745. The zero-order valence-corrected chi connectivity index (χ0v) is 29.7. The van der Waals surface area contributed by atoms with Crippen LogP contribution in [0.3, 0.4) is 0 Å². The Balaban J connectivity index is 0.000000701. The van der Waals surface area contributed by atoms with Crippen molar-refractivity contribution in [3.05, 3.63) is 87.6 Å². The smallest absolute Gasteiger partial charge is 0.258 e. The molecule has 2 aromatic heterocycles. The fraction of sp³-hybridized carbons (Fsp3) is 0.514. The van der Waals surface area contributed by atoms with E-state index in [0.29, 0.717) is 12.6 Å². The largest absolute Gasteiger partial charge is 0.380 e. The monoisotopic (exact) mass is 618 g/mol. The van der Waals surface area contributed by atoms with Gasteiger partial charge in [-0.05, 0) is 86.4 Å². The molecule has 7 rings (SSSR count). The van der Waals surface area contributed by atoms with Crippen molar-refractivity contribution < 1.29 is 4.21 Å². The first kappa shape index (κ1) is 35.3. The first-order valence-electron chi connectivity index (χ1n) is 16.4. The molecule has 0 amide bonds. The number of aryl methyl sites for hydroxylation is 1. The third-order valence-corrected chi connectivity index (χ3v) is 9.55. The molecule has 2 bridgehead atoms. The summed E-state index contributed by atoms with van der Waals surface area (Å²) in [6.45, 7) is 19.1. The summed E-state index contributed by atoms with van der Waals surface area (Å²) in [6, 6.07) is 14.5. The molecule has 3 aliphatic carbocycles. The average molecular weight is 619 g/mol. The van der Waals surface area contributed by atoms with Crippen LogP contribution in [-0.2, 0) is 35.2 Å². The zero-order chi connectivity index (χ0) is 32.8. The van der Waals surface area contributed by atoms with Gasteiger partial charge in [0, 0.05) is 54.0 Å². The highest BCUT2D eigenvalue weighted by molar-refractivity contribution is 7.84. The minimum Gasteiger partial charge on any atom is -0.380 e. The van der Waals surface area contributed by atoms with Gasteiger partial charge in [0.2, 0.25) is 0 Å². The summed E-state index contributed by atoms with van der Waals surface area (Å²) in [5.41, 5.74) is 5.82. The molecule has 1 N–H and O–H groups in total. The number of benzene rings is 2. The number of para-hydroxylation sites is 1. The van der Waals surface area contributed by atoms with Crippen LogP contribution in [0.5, 0.6) is 0 Å². The van der Waals surface area contributed by atoms with Crippen molar-refractivity contribution in [1.29, 1.82) is 0 Å². The van der Waals surface area contributed by atoms with Crippen LogP contribution in [0, 0.1) is 6.92 Å². The van der Waals surface area contributed by atoms with Crippen molar-refractivity contribution in [2.75, 3.05) is 11.6 Å². The Bertz CT molecular complexity index is 1630. The maximum Gasteiger partial charge on any atom is 0.258 e. The molecule has 3 saturated carbocycles. The van der Waals surface area contributed by atoms with E-state index in [1.807, 2.05) is 87.4 Å². The minimum absolute atomic E-state index is 0.0589. The number of anilines is 1. The number of pyridine rings is 1. The second kappa shape index (κ2) is 14.7. The Hall–Kier alpha value is -3.19. The van der Waals surface area contributed by atoms with Gasteiger partial charge in [-0.15, -0.1) is 0 Å². The highest BCUT2D eigenvalue weighted by Crippen LogP contribution is 2.73. The Labute approximate surface area is 267 Å². The molecule has 7 heteroatoms. The summed E-state index contributed by atoms with van der Waals surface area (Å²) in [6.07, 6.45) is 10.4. The maximum atomic E-state index is 13.6. The standard InChI is InChI=1S/C30H34N4O2S.C3H8.2C2H6/c1-19(2)34-15-22(14-32-34)29-16-30(17-29,18-29)27-12-23-21(10-20(3)11-24(23)28(35)33(27)4)13-31-25-8-6-7-9-26(25)37(5)36;1-3-2;2*1-2/h6-12,14-15,19,31H,13,16-18H2,1-5H3;3H2,1-2H3;2*1-2H3. The molecule has 0 aliphatic heterocycles. The number of nitrogens with one attached hydrogen (secondary N) is 1. The second-order valence-electron chi connectivity index (χ2n) is 12.2.